The van der Waals surface area contributed by atoms with E-state index in [0.717, 1.165) is 0 Å². The fraction of sp³-hybridized carbons (Fsp3) is 0.176. The predicted octanol–water partition coefficient (Wildman–Crippen LogP) is 2.49. The first kappa shape index (κ1) is 19.7. The first-order valence-electron chi connectivity index (χ1n) is 7.47. The van der Waals surface area contributed by atoms with Crippen LogP contribution in [0.5, 0.6) is 0 Å². The minimum atomic E-state index is -3.86. The number of sulfonamides is 1. The Labute approximate surface area is 156 Å². The minimum Gasteiger partial charge on any atom is -0.467 e. The molecular formula is C17H17ClN2O5S. The van der Waals surface area contributed by atoms with Gasteiger partial charge in [-0.25, -0.2) is 13.2 Å². The molecule has 26 heavy (non-hydrogen) atoms. The molecule has 0 aliphatic rings. The Morgan fingerprint density at radius 2 is 1.69 bits per heavy atom. The van der Waals surface area contributed by atoms with Gasteiger partial charge in [0.1, 0.15) is 4.90 Å². The zero-order valence-electron chi connectivity index (χ0n) is 14.0. The summed E-state index contributed by atoms with van der Waals surface area (Å²) < 4.78 is 31.9. The van der Waals surface area contributed by atoms with Crippen molar-refractivity contribution in [1.29, 1.82) is 0 Å². The van der Waals surface area contributed by atoms with Crippen molar-refractivity contribution in [3.05, 3.63) is 59.1 Å². The molecule has 1 unspecified atom stereocenters. The lowest BCUT2D eigenvalue weighted by atomic mass is 10.1. The maximum absolute atomic E-state index is 12.4. The number of ether oxygens (including phenoxy) is 1. The van der Waals surface area contributed by atoms with E-state index < -0.39 is 27.9 Å². The number of amides is 1. The fourth-order valence-corrected chi connectivity index (χ4v) is 3.80. The van der Waals surface area contributed by atoms with Crippen molar-refractivity contribution in [2.45, 2.75) is 17.9 Å². The molecule has 0 radical (unpaired) electrons. The molecule has 7 nitrogen and oxygen atoms in total. The van der Waals surface area contributed by atoms with Crippen molar-refractivity contribution in [1.82, 2.24) is 5.32 Å². The molecule has 1 atom stereocenters. The standard InChI is InChI=1S/C17H17ClN2O5S/c1-11(21)19-16(17(22)25-2)12-7-9-13(10-8-12)20-26(23,24)15-6-4-3-5-14(15)18/h3-10,16,20H,1-2H3,(H,19,21). The lowest BCUT2D eigenvalue weighted by Gasteiger charge is -2.16. The summed E-state index contributed by atoms with van der Waals surface area (Å²) in [6, 6.07) is 11.1. The van der Waals surface area contributed by atoms with E-state index in [2.05, 4.69) is 14.8 Å². The van der Waals surface area contributed by atoms with Crippen LogP contribution in [0.2, 0.25) is 5.02 Å². The predicted molar refractivity (Wildman–Crippen MR) is 97.3 cm³/mol. The third-order valence-electron chi connectivity index (χ3n) is 3.41. The van der Waals surface area contributed by atoms with Crippen molar-refractivity contribution in [2.24, 2.45) is 0 Å². The van der Waals surface area contributed by atoms with Crippen LogP contribution in [-0.2, 0) is 24.3 Å². The number of benzene rings is 2. The molecule has 0 aromatic heterocycles. The number of carbonyl (C=O) groups excluding carboxylic acids is 2. The highest BCUT2D eigenvalue weighted by atomic mass is 35.5. The van der Waals surface area contributed by atoms with Crippen molar-refractivity contribution in [2.75, 3.05) is 11.8 Å². The van der Waals surface area contributed by atoms with Gasteiger partial charge in [0, 0.05) is 12.6 Å². The normalized spacial score (nSPS) is 12.1. The summed E-state index contributed by atoms with van der Waals surface area (Å²) in [5.74, 6) is -1.03. The molecule has 0 heterocycles. The van der Waals surface area contributed by atoms with Gasteiger partial charge in [-0.2, -0.15) is 0 Å². The number of hydrogen-bond donors (Lipinski definition) is 2. The van der Waals surface area contributed by atoms with E-state index in [1.807, 2.05) is 0 Å². The van der Waals surface area contributed by atoms with Crippen LogP contribution >= 0.6 is 11.6 Å². The Balaban J connectivity index is 2.25. The molecule has 0 aliphatic carbocycles. The first-order chi connectivity index (χ1) is 12.2. The summed E-state index contributed by atoms with van der Waals surface area (Å²) >= 11 is 5.93. The number of esters is 1. The second-order valence-corrected chi connectivity index (χ2v) is 7.37. The maximum atomic E-state index is 12.4. The van der Waals surface area contributed by atoms with E-state index in [9.17, 15) is 18.0 Å². The molecule has 0 fully saturated rings. The molecule has 9 heteroatoms. The van der Waals surface area contributed by atoms with E-state index >= 15 is 0 Å². The van der Waals surface area contributed by atoms with Gasteiger partial charge in [-0.3, -0.25) is 9.52 Å². The van der Waals surface area contributed by atoms with Crippen LogP contribution < -0.4 is 10.0 Å². The molecule has 2 aromatic carbocycles. The van der Waals surface area contributed by atoms with Gasteiger partial charge in [-0.05, 0) is 29.8 Å². The van der Waals surface area contributed by atoms with Crippen molar-refractivity contribution in [3.63, 3.8) is 0 Å². The van der Waals surface area contributed by atoms with Crippen LogP contribution in [0.25, 0.3) is 0 Å². The number of nitrogens with one attached hydrogen (secondary N) is 2. The van der Waals surface area contributed by atoms with Crippen LogP contribution in [0.15, 0.2) is 53.4 Å². The van der Waals surface area contributed by atoms with Gasteiger partial charge in [-0.15, -0.1) is 0 Å². The summed E-state index contributed by atoms with van der Waals surface area (Å²) in [7, 11) is -2.65. The Kier molecular flexibility index (Phi) is 6.23. The highest BCUT2D eigenvalue weighted by Crippen LogP contribution is 2.24. The first-order valence-corrected chi connectivity index (χ1v) is 9.33. The molecule has 2 N–H and O–H groups in total. The molecule has 0 spiro atoms. The Hall–Kier alpha value is -2.58. The quantitative estimate of drug-likeness (QED) is 0.730. The van der Waals surface area contributed by atoms with Gasteiger partial charge in [0.05, 0.1) is 12.1 Å². The maximum Gasteiger partial charge on any atom is 0.333 e. The average molecular weight is 397 g/mol. The zero-order valence-corrected chi connectivity index (χ0v) is 15.6. The van der Waals surface area contributed by atoms with Gasteiger partial charge in [0.15, 0.2) is 6.04 Å². The van der Waals surface area contributed by atoms with E-state index in [1.54, 1.807) is 12.1 Å². The fourth-order valence-electron chi connectivity index (χ4n) is 2.22. The molecule has 0 saturated carbocycles. The number of rotatable bonds is 6. The molecule has 2 rings (SSSR count). The van der Waals surface area contributed by atoms with Gasteiger partial charge in [-0.1, -0.05) is 35.9 Å². The van der Waals surface area contributed by atoms with E-state index in [1.165, 1.54) is 50.4 Å². The summed E-state index contributed by atoms with van der Waals surface area (Å²) in [5.41, 5.74) is 0.729. The van der Waals surface area contributed by atoms with E-state index in [-0.39, 0.29) is 15.6 Å². The Morgan fingerprint density at radius 1 is 1.08 bits per heavy atom. The third-order valence-corrected chi connectivity index (χ3v) is 5.29. The van der Waals surface area contributed by atoms with Crippen LogP contribution in [0.1, 0.15) is 18.5 Å². The lowest BCUT2D eigenvalue weighted by Crippen LogP contribution is -2.32. The summed E-state index contributed by atoms with van der Waals surface area (Å²) in [6.45, 7) is 1.28. The van der Waals surface area contributed by atoms with Crippen LogP contribution in [0.4, 0.5) is 5.69 Å². The highest BCUT2D eigenvalue weighted by molar-refractivity contribution is 7.92. The number of hydrogen-bond acceptors (Lipinski definition) is 5. The van der Waals surface area contributed by atoms with Crippen LogP contribution in [-0.4, -0.2) is 27.4 Å². The number of halogens is 1. The summed E-state index contributed by atoms with van der Waals surface area (Å²) in [5, 5.41) is 2.58. The lowest BCUT2D eigenvalue weighted by molar-refractivity contribution is -0.145. The van der Waals surface area contributed by atoms with Gasteiger partial charge in [0.25, 0.3) is 10.0 Å². The zero-order chi connectivity index (χ0) is 19.3. The minimum absolute atomic E-state index is 0.0450. The van der Waals surface area contributed by atoms with Gasteiger partial charge in [0.2, 0.25) is 5.91 Å². The topological polar surface area (TPSA) is 102 Å². The number of anilines is 1. The highest BCUT2D eigenvalue weighted by Gasteiger charge is 2.23. The molecule has 0 aliphatic heterocycles. The van der Waals surface area contributed by atoms with Gasteiger partial charge >= 0.3 is 5.97 Å². The summed E-state index contributed by atoms with van der Waals surface area (Å²) in [6.07, 6.45) is 0. The molecule has 2 aromatic rings. The SMILES string of the molecule is COC(=O)C(NC(C)=O)c1ccc(NS(=O)(=O)c2ccccc2Cl)cc1. The van der Waals surface area contributed by atoms with E-state index in [4.69, 9.17) is 11.6 Å². The largest absolute Gasteiger partial charge is 0.467 e. The summed E-state index contributed by atoms with van der Waals surface area (Å²) in [4.78, 5) is 23.0. The average Bonchev–Trinajstić information content (AvgIpc) is 2.59. The van der Waals surface area contributed by atoms with E-state index in [0.29, 0.717) is 5.56 Å². The number of methoxy groups -OCH3 is 1. The molecule has 0 bridgehead atoms. The monoisotopic (exact) mass is 396 g/mol. The van der Waals surface area contributed by atoms with Crippen LogP contribution in [0.3, 0.4) is 0 Å². The number of carbonyl (C=O) groups is 2. The molecular weight excluding hydrogens is 380 g/mol. The Morgan fingerprint density at radius 3 is 2.23 bits per heavy atom. The second-order valence-electron chi connectivity index (χ2n) is 5.31. The van der Waals surface area contributed by atoms with Crippen molar-refractivity contribution >= 4 is 39.2 Å². The molecule has 1 amide bonds. The van der Waals surface area contributed by atoms with Crippen molar-refractivity contribution in [3.8, 4) is 0 Å². The molecule has 0 saturated heterocycles. The molecule has 138 valence electrons. The van der Waals surface area contributed by atoms with Gasteiger partial charge < -0.3 is 10.1 Å². The second kappa shape index (κ2) is 8.20. The van der Waals surface area contributed by atoms with Crippen LogP contribution in [0, 0.1) is 0 Å². The smallest absolute Gasteiger partial charge is 0.333 e. The Bertz CT molecular complexity index is 913. The van der Waals surface area contributed by atoms with Crippen molar-refractivity contribution < 1.29 is 22.7 Å². The third kappa shape index (κ3) is 4.74.